The number of fused-ring (bicyclic) bond motifs is 4. The molecule has 4 fully saturated rings. The van der Waals surface area contributed by atoms with Gasteiger partial charge in [-0.15, -0.1) is 0 Å². The van der Waals surface area contributed by atoms with Crippen LogP contribution in [0, 0.1) is 33.5 Å². The predicted octanol–water partition coefficient (Wildman–Crippen LogP) is 7.05. The molecule has 0 bridgehead atoms. The first kappa shape index (κ1) is 31.9. The van der Waals surface area contributed by atoms with E-state index in [0.717, 1.165) is 24.8 Å². The molecule has 11 atom stereocenters. The molecule has 8 heteroatoms. The first-order chi connectivity index (χ1) is 22.3. The van der Waals surface area contributed by atoms with Crippen LogP contribution >= 0.6 is 0 Å². The Morgan fingerprint density at radius 1 is 0.936 bits per heavy atom. The van der Waals surface area contributed by atoms with Crippen LogP contribution in [0.4, 0.5) is 0 Å². The zero-order chi connectivity index (χ0) is 33.4. The third-order valence-corrected chi connectivity index (χ3v) is 13.0. The largest absolute Gasteiger partial charge is 0.472 e. The average Bonchev–Trinajstić information content (AvgIpc) is 3.75. The summed E-state index contributed by atoms with van der Waals surface area (Å²) in [6.07, 6.45) is 10.1. The maximum atomic E-state index is 13.8. The summed E-state index contributed by atoms with van der Waals surface area (Å²) in [6.45, 7) is 12.2. The highest BCUT2D eigenvalue weighted by atomic mass is 16.6. The summed E-state index contributed by atoms with van der Waals surface area (Å²) in [6, 6.07) is 11.7. The molecule has 47 heavy (non-hydrogen) atoms. The number of benzene rings is 1. The van der Waals surface area contributed by atoms with Crippen LogP contribution < -0.4 is 0 Å². The zero-order valence-corrected chi connectivity index (χ0v) is 28.2. The smallest absolute Gasteiger partial charge is 0.331 e. The van der Waals surface area contributed by atoms with Crippen molar-refractivity contribution in [2.24, 2.45) is 33.5 Å². The normalized spacial score (nSPS) is 41.7. The molecule has 1 saturated heterocycles. The number of carbonyl (C=O) groups excluding carboxylic acids is 3. The molecule has 0 spiro atoms. The number of ether oxygens (including phenoxy) is 4. The average molecular weight is 643 g/mol. The van der Waals surface area contributed by atoms with Gasteiger partial charge in [0.05, 0.1) is 25.2 Å². The van der Waals surface area contributed by atoms with Gasteiger partial charge in [-0.25, -0.2) is 4.79 Å². The van der Waals surface area contributed by atoms with Gasteiger partial charge in [0.2, 0.25) is 0 Å². The van der Waals surface area contributed by atoms with E-state index in [1.165, 1.54) is 31.1 Å². The lowest BCUT2D eigenvalue weighted by Gasteiger charge is -2.69. The molecule has 4 aliphatic carbocycles. The molecule has 0 N–H and O–H groups in total. The molecule has 1 aromatic heterocycles. The predicted molar refractivity (Wildman–Crippen MR) is 174 cm³/mol. The van der Waals surface area contributed by atoms with Crippen molar-refractivity contribution in [3.63, 3.8) is 0 Å². The van der Waals surface area contributed by atoms with Gasteiger partial charge in [-0.2, -0.15) is 0 Å². The Kier molecular flexibility index (Phi) is 7.62. The summed E-state index contributed by atoms with van der Waals surface area (Å²) < 4.78 is 31.2. The molecule has 250 valence electrons. The molecule has 2 aromatic rings. The monoisotopic (exact) mass is 642 g/mol. The van der Waals surface area contributed by atoms with E-state index in [1.54, 1.807) is 12.3 Å². The molecule has 0 unspecified atom stereocenters. The van der Waals surface area contributed by atoms with E-state index in [9.17, 15) is 14.4 Å². The topological polar surface area (TPSA) is 101 Å². The summed E-state index contributed by atoms with van der Waals surface area (Å²) in [4.78, 5) is 38.9. The fourth-order valence-electron chi connectivity index (χ4n) is 11.3. The Bertz CT molecular complexity index is 1610. The van der Waals surface area contributed by atoms with E-state index >= 15 is 0 Å². The third kappa shape index (κ3) is 4.68. The lowest BCUT2D eigenvalue weighted by molar-refractivity contribution is -0.265. The van der Waals surface area contributed by atoms with E-state index in [4.69, 9.17) is 23.4 Å². The molecule has 5 aliphatic rings. The highest BCUT2D eigenvalue weighted by molar-refractivity contribution is 5.87. The number of esters is 3. The van der Waals surface area contributed by atoms with Gasteiger partial charge in [-0.3, -0.25) is 9.59 Å². The van der Waals surface area contributed by atoms with E-state index in [2.05, 4.69) is 39.8 Å². The van der Waals surface area contributed by atoms with E-state index in [1.807, 2.05) is 36.6 Å². The maximum absolute atomic E-state index is 13.8. The van der Waals surface area contributed by atoms with Crippen molar-refractivity contribution in [1.29, 1.82) is 0 Å². The fraction of sp³-hybridized carbons (Fsp3) is 0.564. The van der Waals surface area contributed by atoms with Crippen molar-refractivity contribution in [1.82, 2.24) is 0 Å². The van der Waals surface area contributed by atoms with Crippen molar-refractivity contribution < 1.29 is 37.7 Å². The first-order valence-electron chi connectivity index (χ1n) is 17.0. The van der Waals surface area contributed by atoms with Crippen LogP contribution in [0.15, 0.2) is 71.1 Å². The number of hydrogen-bond donors (Lipinski definition) is 0. The Hall–Kier alpha value is -3.65. The number of carbonyl (C=O) groups is 3. The SMILES string of the molecule is CC(=O)O[C@H]1C[C@H](OC(C)=O)[C@]2(C)[C@H]3[C@H](OC[C@]13C)[C@@H](OC(=O)C=Cc1ccccc1)[C@@]1(C)C3=CC[C@@H](c4ccoc4)[C@@]3(C)CC[C@@H]12. The lowest BCUT2D eigenvalue weighted by Crippen LogP contribution is -2.73. The van der Waals surface area contributed by atoms with Gasteiger partial charge in [0, 0.05) is 48.5 Å². The van der Waals surface area contributed by atoms with Gasteiger partial charge in [0.1, 0.15) is 18.3 Å². The fourth-order valence-corrected chi connectivity index (χ4v) is 11.3. The summed E-state index contributed by atoms with van der Waals surface area (Å²) in [5.41, 5.74) is 1.40. The quantitative estimate of drug-likeness (QED) is 0.143. The van der Waals surface area contributed by atoms with Crippen LogP contribution in [0.3, 0.4) is 0 Å². The minimum Gasteiger partial charge on any atom is -0.472 e. The van der Waals surface area contributed by atoms with Crippen LogP contribution in [0.1, 0.15) is 84.3 Å². The summed E-state index contributed by atoms with van der Waals surface area (Å²) in [5.74, 6) is -1.16. The summed E-state index contributed by atoms with van der Waals surface area (Å²) in [5, 5.41) is 0. The van der Waals surface area contributed by atoms with E-state index in [-0.39, 0.29) is 35.1 Å². The Labute approximate surface area is 276 Å². The van der Waals surface area contributed by atoms with Gasteiger partial charge in [0.15, 0.2) is 0 Å². The lowest BCUT2D eigenvalue weighted by atomic mass is 9.36. The van der Waals surface area contributed by atoms with Crippen molar-refractivity contribution in [2.75, 3.05) is 6.61 Å². The van der Waals surface area contributed by atoms with Crippen LogP contribution in [0.25, 0.3) is 6.08 Å². The van der Waals surface area contributed by atoms with Gasteiger partial charge in [0.25, 0.3) is 0 Å². The van der Waals surface area contributed by atoms with Crippen LogP contribution in [0.2, 0.25) is 0 Å². The molecule has 0 radical (unpaired) electrons. The molecule has 7 rings (SSSR count). The van der Waals surface area contributed by atoms with Gasteiger partial charge in [-0.05, 0) is 59.8 Å². The van der Waals surface area contributed by atoms with Crippen LogP contribution in [-0.2, 0) is 33.3 Å². The van der Waals surface area contributed by atoms with Crippen molar-refractivity contribution in [3.8, 4) is 0 Å². The molecular weight excluding hydrogens is 596 g/mol. The van der Waals surface area contributed by atoms with Crippen molar-refractivity contribution >= 4 is 24.0 Å². The minimum atomic E-state index is -0.629. The number of furan rings is 1. The second-order valence-electron chi connectivity index (χ2n) is 15.4. The first-order valence-corrected chi connectivity index (χ1v) is 17.0. The Balaban J connectivity index is 1.36. The Morgan fingerprint density at radius 3 is 2.34 bits per heavy atom. The van der Waals surface area contributed by atoms with E-state index in [0.29, 0.717) is 13.0 Å². The summed E-state index contributed by atoms with van der Waals surface area (Å²) >= 11 is 0. The van der Waals surface area contributed by atoms with Crippen molar-refractivity contribution in [3.05, 3.63) is 77.8 Å². The van der Waals surface area contributed by atoms with Gasteiger partial charge >= 0.3 is 17.9 Å². The molecule has 3 saturated carbocycles. The molecule has 0 amide bonds. The van der Waals surface area contributed by atoms with Crippen molar-refractivity contribution in [2.45, 2.75) is 97.6 Å². The highest BCUT2D eigenvalue weighted by Gasteiger charge is 2.78. The van der Waals surface area contributed by atoms with Crippen LogP contribution in [0.5, 0.6) is 0 Å². The molecular formula is C39H46O8. The third-order valence-electron chi connectivity index (χ3n) is 13.0. The van der Waals surface area contributed by atoms with Gasteiger partial charge in [-0.1, -0.05) is 69.7 Å². The standard InChI is InChI=1S/C39H46O8/c1-23(40)45-30-20-31(46-24(2)41)39(6)29-16-18-36(3)27(26-17-19-43-21-26)13-14-28(36)38(29,5)35(33-34(39)37(30,4)22-44-33)47-32(42)15-12-25-10-8-7-9-11-25/h7-12,14-15,17,19,21,27,29-31,33-35H,13,16,18,20,22H2,1-6H3/t27-,29-,30-,31-,33-,34-,35+,36+,37+,38-,39+/m0/s1. The van der Waals surface area contributed by atoms with E-state index < -0.39 is 46.6 Å². The zero-order valence-electron chi connectivity index (χ0n) is 28.2. The molecule has 1 aromatic carbocycles. The number of hydrogen-bond acceptors (Lipinski definition) is 8. The summed E-state index contributed by atoms with van der Waals surface area (Å²) in [7, 11) is 0. The van der Waals surface area contributed by atoms with Crippen LogP contribution in [-0.4, -0.2) is 48.9 Å². The second-order valence-corrected chi connectivity index (χ2v) is 15.4. The van der Waals surface area contributed by atoms with Gasteiger partial charge < -0.3 is 23.4 Å². The number of allylic oxidation sites excluding steroid dienone is 1. The second kappa shape index (κ2) is 11.2. The minimum absolute atomic E-state index is 0.0155. The molecule has 2 heterocycles. The number of rotatable bonds is 6. The highest BCUT2D eigenvalue weighted by Crippen LogP contribution is 2.76. The maximum Gasteiger partial charge on any atom is 0.331 e. The Morgan fingerprint density at radius 2 is 1.66 bits per heavy atom. The molecule has 1 aliphatic heterocycles. The molecule has 8 nitrogen and oxygen atoms in total.